The lowest BCUT2D eigenvalue weighted by atomic mass is 9.82. The fourth-order valence-electron chi connectivity index (χ4n) is 4.74. The minimum absolute atomic E-state index is 0.0911. The second-order valence-corrected chi connectivity index (χ2v) is 11.3. The van der Waals surface area contributed by atoms with Gasteiger partial charge in [0.25, 0.3) is 0 Å². The molecule has 2 aromatic rings. The van der Waals surface area contributed by atoms with E-state index in [0.29, 0.717) is 18.9 Å². The molecule has 2 N–H and O–H groups in total. The normalized spacial score (nSPS) is 22.1. The molecule has 4 rings (SSSR count). The van der Waals surface area contributed by atoms with Crippen molar-refractivity contribution in [2.75, 3.05) is 14.2 Å². The Labute approximate surface area is 221 Å². The van der Waals surface area contributed by atoms with Crippen LogP contribution in [0, 0.1) is 29.2 Å². The predicted molar refractivity (Wildman–Crippen MR) is 131 cm³/mol. The summed E-state index contributed by atoms with van der Waals surface area (Å²) in [5.74, 6) is -6.10. The third-order valence-corrected chi connectivity index (χ3v) is 8.98. The highest BCUT2D eigenvalue weighted by atomic mass is 35.5. The number of aromatic nitrogens is 1. The van der Waals surface area contributed by atoms with E-state index in [9.17, 15) is 30.8 Å². The molecule has 8 nitrogen and oxygen atoms in total. The molecule has 0 radical (unpaired) electrons. The Kier molecular flexibility index (Phi) is 8.09. The zero-order valence-electron chi connectivity index (χ0n) is 20.2. The van der Waals surface area contributed by atoms with Crippen LogP contribution in [0.4, 0.5) is 17.6 Å². The van der Waals surface area contributed by atoms with E-state index in [2.05, 4.69) is 20.0 Å². The van der Waals surface area contributed by atoms with Crippen molar-refractivity contribution in [1.82, 2.24) is 15.0 Å². The average Bonchev–Trinajstić information content (AvgIpc) is 2.91. The SMILES string of the molecule is CNS(=O)(=O)C1CCC(C2=C(C(=O)OC)[C@H](c3ccc(F)c(F)c3Cl)N=C(c3ncc(F)cc3F)N2)CC1. The summed E-state index contributed by atoms with van der Waals surface area (Å²) in [5, 5.41) is 1.61. The molecular weight excluding hydrogens is 552 g/mol. The number of benzene rings is 1. The highest BCUT2D eigenvalue weighted by Gasteiger charge is 2.40. The van der Waals surface area contributed by atoms with E-state index in [1.54, 1.807) is 0 Å². The Morgan fingerprint density at radius 3 is 2.42 bits per heavy atom. The van der Waals surface area contributed by atoms with Gasteiger partial charge in [0.2, 0.25) is 10.0 Å². The summed E-state index contributed by atoms with van der Waals surface area (Å²) in [6, 6.07) is 1.18. The lowest BCUT2D eigenvalue weighted by molar-refractivity contribution is -0.136. The highest BCUT2D eigenvalue weighted by molar-refractivity contribution is 7.90. The number of nitrogens with one attached hydrogen (secondary N) is 2. The third-order valence-electron chi connectivity index (χ3n) is 6.68. The van der Waals surface area contributed by atoms with Gasteiger partial charge >= 0.3 is 5.97 Å². The Hall–Kier alpha value is -3.03. The molecule has 1 aliphatic heterocycles. The zero-order chi connectivity index (χ0) is 27.8. The summed E-state index contributed by atoms with van der Waals surface area (Å²) < 4.78 is 88.5. The largest absolute Gasteiger partial charge is 0.466 e. The molecule has 1 aliphatic carbocycles. The Morgan fingerprint density at radius 2 is 1.82 bits per heavy atom. The fourth-order valence-corrected chi connectivity index (χ4v) is 6.22. The molecule has 0 unspecified atom stereocenters. The Bertz CT molecular complexity index is 1440. The molecule has 0 saturated heterocycles. The van der Waals surface area contributed by atoms with Crippen molar-refractivity contribution in [3.05, 3.63) is 75.2 Å². The second-order valence-electron chi connectivity index (χ2n) is 8.80. The number of rotatable bonds is 6. The first kappa shape index (κ1) is 28.0. The topological polar surface area (TPSA) is 110 Å². The smallest absolute Gasteiger partial charge is 0.338 e. The molecule has 0 amide bonds. The van der Waals surface area contributed by atoms with Crippen LogP contribution in [0.1, 0.15) is 43.0 Å². The van der Waals surface area contributed by atoms with E-state index >= 15 is 0 Å². The van der Waals surface area contributed by atoms with E-state index in [1.807, 2.05) is 0 Å². The van der Waals surface area contributed by atoms with Crippen molar-refractivity contribution < 1.29 is 35.5 Å². The van der Waals surface area contributed by atoms with Gasteiger partial charge in [-0.05, 0) is 44.7 Å². The first-order valence-electron chi connectivity index (χ1n) is 11.5. The van der Waals surface area contributed by atoms with Crippen LogP contribution in [0.15, 0.2) is 40.7 Å². The minimum Gasteiger partial charge on any atom is -0.466 e. The maximum Gasteiger partial charge on any atom is 0.338 e. The number of hydrogen-bond acceptors (Lipinski definition) is 7. The molecule has 1 aromatic carbocycles. The number of carbonyl (C=O) groups excluding carboxylic acids is 1. The van der Waals surface area contributed by atoms with Crippen LogP contribution in [-0.2, 0) is 19.6 Å². The summed E-state index contributed by atoms with van der Waals surface area (Å²) >= 11 is 6.12. The molecule has 2 heterocycles. The zero-order valence-corrected chi connectivity index (χ0v) is 21.8. The Morgan fingerprint density at radius 1 is 1.13 bits per heavy atom. The molecule has 2 aliphatic rings. The second kappa shape index (κ2) is 11.0. The molecule has 1 atom stereocenters. The van der Waals surface area contributed by atoms with Crippen LogP contribution < -0.4 is 10.0 Å². The molecule has 204 valence electrons. The van der Waals surface area contributed by atoms with E-state index < -0.39 is 61.5 Å². The van der Waals surface area contributed by atoms with Crippen molar-refractivity contribution in [3.63, 3.8) is 0 Å². The molecule has 1 fully saturated rings. The first-order valence-corrected chi connectivity index (χ1v) is 13.4. The van der Waals surface area contributed by atoms with Gasteiger partial charge in [-0.25, -0.2) is 40.5 Å². The number of halogens is 5. The van der Waals surface area contributed by atoms with Crippen molar-refractivity contribution in [1.29, 1.82) is 0 Å². The van der Waals surface area contributed by atoms with Gasteiger partial charge in [-0.2, -0.15) is 0 Å². The number of aliphatic imine (C=N–C) groups is 1. The van der Waals surface area contributed by atoms with Gasteiger partial charge in [0.1, 0.15) is 17.6 Å². The van der Waals surface area contributed by atoms with Crippen LogP contribution in [0.2, 0.25) is 5.02 Å². The van der Waals surface area contributed by atoms with Crippen molar-refractivity contribution in [3.8, 4) is 0 Å². The number of nitrogens with zero attached hydrogens (tertiary/aromatic N) is 2. The molecule has 0 spiro atoms. The van der Waals surface area contributed by atoms with E-state index in [-0.39, 0.29) is 41.2 Å². The van der Waals surface area contributed by atoms with Gasteiger partial charge in [0, 0.05) is 17.3 Å². The van der Waals surface area contributed by atoms with Gasteiger partial charge in [-0.15, -0.1) is 0 Å². The minimum atomic E-state index is -3.53. The molecule has 38 heavy (non-hydrogen) atoms. The first-order chi connectivity index (χ1) is 18.0. The van der Waals surface area contributed by atoms with Gasteiger partial charge in [0.15, 0.2) is 23.3 Å². The molecule has 1 aromatic heterocycles. The highest BCUT2D eigenvalue weighted by Crippen LogP contribution is 2.42. The quantitative estimate of drug-likeness (QED) is 0.307. The number of methoxy groups -OCH3 is 1. The van der Waals surface area contributed by atoms with Gasteiger partial charge in [-0.1, -0.05) is 17.7 Å². The number of sulfonamides is 1. The van der Waals surface area contributed by atoms with E-state index in [4.69, 9.17) is 16.3 Å². The van der Waals surface area contributed by atoms with Crippen molar-refractivity contribution >= 4 is 33.4 Å². The lowest BCUT2D eigenvalue weighted by Gasteiger charge is -2.35. The van der Waals surface area contributed by atoms with Gasteiger partial charge in [0.05, 0.1) is 29.2 Å². The van der Waals surface area contributed by atoms with Gasteiger partial charge < -0.3 is 10.1 Å². The van der Waals surface area contributed by atoms with Crippen LogP contribution in [0.5, 0.6) is 0 Å². The van der Waals surface area contributed by atoms with Crippen LogP contribution in [0.3, 0.4) is 0 Å². The summed E-state index contributed by atoms with van der Waals surface area (Å²) in [6.07, 6.45) is 1.88. The molecular formula is C24H23ClF4N4O4S. The van der Waals surface area contributed by atoms with Crippen molar-refractivity contribution in [2.45, 2.75) is 37.0 Å². The summed E-state index contributed by atoms with van der Waals surface area (Å²) in [6.45, 7) is 0. The number of hydrogen-bond donors (Lipinski definition) is 2. The lowest BCUT2D eigenvalue weighted by Crippen LogP contribution is -2.40. The summed E-state index contributed by atoms with van der Waals surface area (Å²) in [4.78, 5) is 21.2. The maximum atomic E-state index is 14.7. The number of pyridine rings is 1. The fraction of sp³-hybridized carbons (Fsp3) is 0.375. The number of allylic oxidation sites excluding steroid dienone is 1. The summed E-state index contributed by atoms with van der Waals surface area (Å²) in [5.41, 5.74) is -0.357. The third kappa shape index (κ3) is 5.27. The van der Waals surface area contributed by atoms with Crippen LogP contribution >= 0.6 is 11.6 Å². The van der Waals surface area contributed by atoms with Gasteiger partial charge in [-0.3, -0.25) is 4.99 Å². The molecule has 0 bridgehead atoms. The Balaban J connectivity index is 1.87. The standard InChI is InChI=1S/C24H23ClF4N4O4S/c1-30-38(35,36)13-5-3-11(4-6-13)20-17(24(34)37-2)21(14-7-8-15(27)19(29)18(14)25)33-23(32-20)22-16(28)9-12(26)10-31-22/h7-11,13,21,30H,3-6H2,1-2H3,(H,32,33)/t11?,13?,21-/m0/s1. The number of ether oxygens (including phenoxy) is 1. The molecule has 1 saturated carbocycles. The van der Waals surface area contributed by atoms with E-state index in [1.165, 1.54) is 7.05 Å². The average molecular weight is 575 g/mol. The number of esters is 1. The number of amidine groups is 1. The van der Waals surface area contributed by atoms with Crippen molar-refractivity contribution in [2.24, 2.45) is 10.9 Å². The van der Waals surface area contributed by atoms with E-state index in [0.717, 1.165) is 25.4 Å². The van der Waals surface area contributed by atoms with Crippen LogP contribution in [0.25, 0.3) is 0 Å². The monoisotopic (exact) mass is 574 g/mol. The maximum absolute atomic E-state index is 14.7. The predicted octanol–water partition coefficient (Wildman–Crippen LogP) is 3.92. The molecule has 14 heteroatoms. The van der Waals surface area contributed by atoms with Crippen LogP contribution in [-0.4, -0.2) is 44.6 Å². The summed E-state index contributed by atoms with van der Waals surface area (Å²) in [7, 11) is -1.09. The number of carbonyl (C=O) groups is 1.